The molecular weight excluding hydrogens is 354 g/mol. The Morgan fingerprint density at radius 2 is 2.04 bits per heavy atom. The molecule has 2 heterocycles. The van der Waals surface area contributed by atoms with Crippen molar-refractivity contribution in [3.05, 3.63) is 62.4 Å². The van der Waals surface area contributed by atoms with E-state index in [0.717, 1.165) is 0 Å². The summed E-state index contributed by atoms with van der Waals surface area (Å²) in [6.45, 7) is 1.55. The SMILES string of the molecule is COc1ccc(C(=O)OC[C@H]2O[C@@H](n3cc(C)c(=O)[nH]c3=O)CC2N)cc1. The van der Waals surface area contributed by atoms with Crippen LogP contribution in [0.1, 0.15) is 28.6 Å². The Morgan fingerprint density at radius 3 is 2.70 bits per heavy atom. The minimum Gasteiger partial charge on any atom is -0.497 e. The number of carbonyl (C=O) groups excluding carboxylic acids is 1. The van der Waals surface area contributed by atoms with Gasteiger partial charge >= 0.3 is 11.7 Å². The number of nitrogens with zero attached hydrogens (tertiary/aromatic N) is 1. The van der Waals surface area contributed by atoms with Crippen LogP contribution in [0, 0.1) is 6.92 Å². The number of methoxy groups -OCH3 is 1. The van der Waals surface area contributed by atoms with E-state index in [-0.39, 0.29) is 6.61 Å². The van der Waals surface area contributed by atoms with Gasteiger partial charge in [0.15, 0.2) is 0 Å². The monoisotopic (exact) mass is 375 g/mol. The number of hydrogen-bond donors (Lipinski definition) is 2. The summed E-state index contributed by atoms with van der Waals surface area (Å²) in [5.74, 6) is 0.131. The molecule has 0 radical (unpaired) electrons. The molecule has 1 aromatic heterocycles. The first-order chi connectivity index (χ1) is 12.9. The number of aromatic amines is 1. The molecule has 3 N–H and O–H groups in total. The van der Waals surface area contributed by atoms with Gasteiger partial charge in [-0.15, -0.1) is 0 Å². The maximum Gasteiger partial charge on any atom is 0.338 e. The van der Waals surface area contributed by atoms with E-state index in [9.17, 15) is 14.4 Å². The maximum atomic E-state index is 12.1. The van der Waals surface area contributed by atoms with Gasteiger partial charge in [-0.2, -0.15) is 0 Å². The zero-order chi connectivity index (χ0) is 19.6. The van der Waals surface area contributed by atoms with Crippen molar-refractivity contribution in [3.63, 3.8) is 0 Å². The molecule has 1 unspecified atom stereocenters. The molecule has 1 aromatic carbocycles. The second-order valence-electron chi connectivity index (χ2n) is 6.33. The van der Waals surface area contributed by atoms with E-state index in [1.165, 1.54) is 17.9 Å². The molecule has 9 nitrogen and oxygen atoms in total. The van der Waals surface area contributed by atoms with Crippen LogP contribution in [0.5, 0.6) is 5.75 Å². The third-order valence-electron chi connectivity index (χ3n) is 4.44. The fourth-order valence-corrected chi connectivity index (χ4v) is 2.85. The van der Waals surface area contributed by atoms with Crippen LogP contribution >= 0.6 is 0 Å². The lowest BCUT2D eigenvalue weighted by atomic mass is 10.1. The molecule has 1 aliphatic rings. The van der Waals surface area contributed by atoms with Crippen LogP contribution in [0.4, 0.5) is 0 Å². The highest BCUT2D eigenvalue weighted by Crippen LogP contribution is 2.26. The lowest BCUT2D eigenvalue weighted by Gasteiger charge is -2.16. The van der Waals surface area contributed by atoms with Gasteiger partial charge in [-0.25, -0.2) is 9.59 Å². The summed E-state index contributed by atoms with van der Waals surface area (Å²) in [6, 6.07) is 6.10. The van der Waals surface area contributed by atoms with Crippen molar-refractivity contribution in [1.29, 1.82) is 0 Å². The largest absolute Gasteiger partial charge is 0.497 e. The Kier molecular flexibility index (Phi) is 5.43. The quantitative estimate of drug-likeness (QED) is 0.721. The average Bonchev–Trinajstić information content (AvgIpc) is 3.03. The summed E-state index contributed by atoms with van der Waals surface area (Å²) in [6.07, 6.45) is 0.601. The predicted molar refractivity (Wildman–Crippen MR) is 95.8 cm³/mol. The zero-order valence-corrected chi connectivity index (χ0v) is 15.0. The normalized spacial score (nSPS) is 21.8. The van der Waals surface area contributed by atoms with E-state index >= 15 is 0 Å². The van der Waals surface area contributed by atoms with Gasteiger partial charge in [-0.3, -0.25) is 14.3 Å². The number of nitrogens with one attached hydrogen (secondary N) is 1. The van der Waals surface area contributed by atoms with Crippen molar-refractivity contribution in [3.8, 4) is 5.75 Å². The fourth-order valence-electron chi connectivity index (χ4n) is 2.85. The van der Waals surface area contributed by atoms with Crippen molar-refractivity contribution in [2.75, 3.05) is 13.7 Å². The van der Waals surface area contributed by atoms with Gasteiger partial charge in [0.25, 0.3) is 5.56 Å². The van der Waals surface area contributed by atoms with Crippen molar-refractivity contribution >= 4 is 5.97 Å². The van der Waals surface area contributed by atoms with E-state index in [4.69, 9.17) is 19.9 Å². The predicted octanol–water partition coefficient (Wildman–Crippen LogP) is 0.325. The topological polar surface area (TPSA) is 126 Å². The molecule has 3 rings (SSSR count). The number of aryl methyl sites for hydroxylation is 1. The molecule has 0 amide bonds. The number of aromatic nitrogens is 2. The standard InChI is InChI=1S/C18H21N3O6/c1-10-8-21(18(24)20-16(10)22)15-7-13(19)14(27-15)9-26-17(23)11-3-5-12(25-2)6-4-11/h3-6,8,13-15H,7,9,19H2,1-2H3,(H,20,22,24)/t13?,14-,15-/m1/s1. The fraction of sp³-hybridized carbons (Fsp3) is 0.389. The van der Waals surface area contributed by atoms with E-state index in [1.807, 2.05) is 0 Å². The number of benzene rings is 1. The van der Waals surface area contributed by atoms with E-state index in [2.05, 4.69) is 4.98 Å². The lowest BCUT2D eigenvalue weighted by molar-refractivity contribution is -0.0363. The lowest BCUT2D eigenvalue weighted by Crippen LogP contribution is -2.34. The van der Waals surface area contributed by atoms with E-state index in [0.29, 0.717) is 23.3 Å². The van der Waals surface area contributed by atoms with E-state index < -0.39 is 35.6 Å². The summed E-state index contributed by atoms with van der Waals surface area (Å²) in [4.78, 5) is 37.8. The number of hydrogen-bond acceptors (Lipinski definition) is 7. The molecule has 3 atom stereocenters. The highest BCUT2D eigenvalue weighted by atomic mass is 16.6. The Hall–Kier alpha value is -2.91. The summed E-state index contributed by atoms with van der Waals surface area (Å²) in [7, 11) is 1.54. The van der Waals surface area contributed by atoms with Crippen LogP contribution in [-0.2, 0) is 9.47 Å². The molecule has 0 spiro atoms. The third-order valence-corrected chi connectivity index (χ3v) is 4.44. The highest BCUT2D eigenvalue weighted by Gasteiger charge is 2.35. The Balaban J connectivity index is 1.63. The Morgan fingerprint density at radius 1 is 1.33 bits per heavy atom. The summed E-state index contributed by atoms with van der Waals surface area (Å²) >= 11 is 0. The molecule has 1 fully saturated rings. The van der Waals surface area contributed by atoms with Crippen LogP contribution in [0.3, 0.4) is 0 Å². The van der Waals surface area contributed by atoms with Crippen molar-refractivity contribution < 1.29 is 19.0 Å². The van der Waals surface area contributed by atoms with Gasteiger partial charge in [-0.05, 0) is 31.2 Å². The molecule has 1 aliphatic heterocycles. The molecule has 9 heteroatoms. The van der Waals surface area contributed by atoms with E-state index in [1.54, 1.807) is 31.2 Å². The third kappa shape index (κ3) is 4.09. The minimum atomic E-state index is -0.632. The Bertz CT molecular complexity index is 933. The van der Waals surface area contributed by atoms with Gasteiger partial charge in [0, 0.05) is 24.2 Å². The maximum absolute atomic E-state index is 12.1. The molecule has 0 aliphatic carbocycles. The van der Waals surface area contributed by atoms with Crippen LogP contribution in [0.15, 0.2) is 40.1 Å². The van der Waals surface area contributed by atoms with Gasteiger partial charge in [-0.1, -0.05) is 0 Å². The molecule has 2 aromatic rings. The van der Waals surface area contributed by atoms with Crippen LogP contribution in [-0.4, -0.2) is 41.4 Å². The molecule has 0 saturated carbocycles. The molecule has 1 saturated heterocycles. The second-order valence-corrected chi connectivity index (χ2v) is 6.33. The first kappa shape index (κ1) is 18.9. The smallest absolute Gasteiger partial charge is 0.338 e. The zero-order valence-electron chi connectivity index (χ0n) is 15.0. The minimum absolute atomic E-state index is 0.0420. The second kappa shape index (κ2) is 7.77. The summed E-state index contributed by atoms with van der Waals surface area (Å²) < 4.78 is 17.4. The van der Waals surface area contributed by atoms with Crippen molar-refractivity contribution in [2.45, 2.75) is 31.7 Å². The van der Waals surface area contributed by atoms with Gasteiger partial charge < -0.3 is 19.9 Å². The van der Waals surface area contributed by atoms with Crippen molar-refractivity contribution in [2.24, 2.45) is 5.73 Å². The molecule has 144 valence electrons. The van der Waals surface area contributed by atoms with Gasteiger partial charge in [0.2, 0.25) is 0 Å². The Labute approximate surface area is 154 Å². The average molecular weight is 375 g/mol. The summed E-state index contributed by atoms with van der Waals surface area (Å²) in [5.41, 5.74) is 5.83. The number of esters is 1. The van der Waals surface area contributed by atoms with Crippen LogP contribution < -0.4 is 21.7 Å². The van der Waals surface area contributed by atoms with Crippen LogP contribution in [0.25, 0.3) is 0 Å². The molecular formula is C18H21N3O6. The number of rotatable bonds is 5. The number of H-pyrrole nitrogens is 1. The molecule has 27 heavy (non-hydrogen) atoms. The van der Waals surface area contributed by atoms with Crippen LogP contribution in [0.2, 0.25) is 0 Å². The first-order valence-electron chi connectivity index (χ1n) is 8.43. The molecule has 0 bridgehead atoms. The number of nitrogens with two attached hydrogens (primary N) is 1. The van der Waals surface area contributed by atoms with Gasteiger partial charge in [0.1, 0.15) is 24.7 Å². The summed E-state index contributed by atoms with van der Waals surface area (Å²) in [5, 5.41) is 0. The number of carbonyl (C=O) groups is 1. The van der Waals surface area contributed by atoms with Crippen molar-refractivity contribution in [1.82, 2.24) is 9.55 Å². The highest BCUT2D eigenvalue weighted by molar-refractivity contribution is 5.89. The number of ether oxygens (including phenoxy) is 3. The van der Waals surface area contributed by atoms with Gasteiger partial charge in [0.05, 0.1) is 12.7 Å². The first-order valence-corrected chi connectivity index (χ1v) is 8.43.